The molecule has 4 aliphatic rings. The van der Waals surface area contributed by atoms with Crippen molar-refractivity contribution in [1.82, 2.24) is 0 Å². The number of hydrogen-bond donors (Lipinski definition) is 5. The molecular weight excluding hydrogens is 636 g/mol. The van der Waals surface area contributed by atoms with Gasteiger partial charge in [0.25, 0.3) is 0 Å². The van der Waals surface area contributed by atoms with Gasteiger partial charge < -0.3 is 49.2 Å². The molecule has 3 saturated heterocycles. The van der Waals surface area contributed by atoms with Crippen molar-refractivity contribution in [3.8, 4) is 0 Å². The SMILES string of the molecule is C/C=C1\CC2/C=C/C(C)(C)C3(O)OC(C/C(=C\C)C3OC(C)=O)CC(C(C)O)OC(=O)CC(O)CC3CC(O)C(C)(C)C(O)(CC(C1)O2)O3. The molecule has 3 fully saturated rings. The minimum Gasteiger partial charge on any atom is -0.459 e. The van der Waals surface area contributed by atoms with E-state index in [4.69, 9.17) is 23.7 Å². The Balaban J connectivity index is 1.78. The molecule has 0 saturated carbocycles. The summed E-state index contributed by atoms with van der Waals surface area (Å²) in [5.74, 6) is -5.28. The monoisotopic (exact) mass is 694 g/mol. The van der Waals surface area contributed by atoms with Crippen molar-refractivity contribution in [3.63, 3.8) is 0 Å². The van der Waals surface area contributed by atoms with Crippen LogP contribution >= 0.6 is 0 Å². The van der Waals surface area contributed by atoms with E-state index >= 15 is 0 Å². The van der Waals surface area contributed by atoms with E-state index in [0.29, 0.717) is 18.4 Å². The molecule has 0 spiro atoms. The van der Waals surface area contributed by atoms with Gasteiger partial charge in [-0.15, -0.1) is 0 Å². The molecule has 0 aliphatic carbocycles. The van der Waals surface area contributed by atoms with Crippen molar-refractivity contribution < 1.29 is 58.8 Å². The third-order valence-electron chi connectivity index (χ3n) is 11.0. The van der Waals surface area contributed by atoms with Crippen LogP contribution in [0, 0.1) is 10.8 Å². The highest BCUT2D eigenvalue weighted by Crippen LogP contribution is 2.49. The molecule has 0 aromatic carbocycles. The van der Waals surface area contributed by atoms with Crippen LogP contribution in [-0.4, -0.2) is 104 Å². The van der Waals surface area contributed by atoms with Crippen molar-refractivity contribution in [2.75, 3.05) is 0 Å². The van der Waals surface area contributed by atoms with Crippen LogP contribution in [0.5, 0.6) is 0 Å². The third kappa shape index (κ3) is 8.66. The maximum Gasteiger partial charge on any atom is 0.308 e. The van der Waals surface area contributed by atoms with Crippen molar-refractivity contribution in [2.24, 2.45) is 10.8 Å². The first-order chi connectivity index (χ1) is 22.7. The molecule has 4 aliphatic heterocycles. The smallest absolute Gasteiger partial charge is 0.308 e. The maximum atomic E-state index is 13.1. The molecule has 0 radical (unpaired) electrons. The van der Waals surface area contributed by atoms with Gasteiger partial charge in [-0.25, -0.2) is 0 Å². The molecule has 4 rings (SSSR count). The second-order valence-corrected chi connectivity index (χ2v) is 15.5. The fourth-order valence-corrected chi connectivity index (χ4v) is 7.55. The molecule has 11 unspecified atom stereocenters. The zero-order valence-corrected chi connectivity index (χ0v) is 30.3. The molecule has 0 aromatic heterocycles. The summed E-state index contributed by atoms with van der Waals surface area (Å²) in [5, 5.41) is 57.2. The summed E-state index contributed by atoms with van der Waals surface area (Å²) in [7, 11) is 0. The topological polar surface area (TPSA) is 181 Å². The largest absolute Gasteiger partial charge is 0.459 e. The van der Waals surface area contributed by atoms with Crippen LogP contribution in [0.3, 0.4) is 0 Å². The van der Waals surface area contributed by atoms with Crippen molar-refractivity contribution >= 4 is 11.9 Å². The number of aliphatic hydroxyl groups excluding tert-OH is 3. The first-order valence-corrected chi connectivity index (χ1v) is 17.6. The van der Waals surface area contributed by atoms with Gasteiger partial charge >= 0.3 is 11.9 Å². The summed E-state index contributed by atoms with van der Waals surface area (Å²) < 4.78 is 30.5. The van der Waals surface area contributed by atoms with Gasteiger partial charge in [-0.1, -0.05) is 57.6 Å². The Morgan fingerprint density at radius 2 is 1.65 bits per heavy atom. The molecule has 12 nitrogen and oxygen atoms in total. The molecule has 5 N–H and O–H groups in total. The van der Waals surface area contributed by atoms with Gasteiger partial charge in [-0.05, 0) is 45.6 Å². The number of ether oxygens (including phenoxy) is 5. The molecule has 4 heterocycles. The average molecular weight is 695 g/mol. The van der Waals surface area contributed by atoms with Gasteiger partial charge in [-0.3, -0.25) is 9.59 Å². The number of aliphatic hydroxyl groups is 5. The molecular formula is C37H58O12. The number of cyclic esters (lactones) is 1. The van der Waals surface area contributed by atoms with E-state index in [1.54, 1.807) is 46.8 Å². The number of allylic oxidation sites excluding steroid dienone is 2. The van der Waals surface area contributed by atoms with Crippen LogP contribution in [0.1, 0.15) is 107 Å². The van der Waals surface area contributed by atoms with E-state index in [0.717, 1.165) is 5.57 Å². The van der Waals surface area contributed by atoms with E-state index in [1.165, 1.54) is 13.8 Å². The summed E-state index contributed by atoms with van der Waals surface area (Å²) in [6.07, 6.45) is 0.467. The van der Waals surface area contributed by atoms with Crippen LogP contribution in [0.25, 0.3) is 0 Å². The molecule has 6 bridgehead atoms. The predicted octanol–water partition coefficient (Wildman–Crippen LogP) is 3.51. The molecule has 278 valence electrons. The highest BCUT2D eigenvalue weighted by Gasteiger charge is 2.58. The Bertz CT molecular complexity index is 1290. The Morgan fingerprint density at radius 3 is 2.27 bits per heavy atom. The summed E-state index contributed by atoms with van der Waals surface area (Å²) >= 11 is 0. The molecule has 12 heteroatoms. The van der Waals surface area contributed by atoms with Crippen LogP contribution in [0.2, 0.25) is 0 Å². The highest BCUT2D eigenvalue weighted by molar-refractivity contribution is 5.70. The first-order valence-electron chi connectivity index (χ1n) is 17.6. The standard InChI is InChI=1S/C37H58O12/c1-9-23-13-26-11-12-34(5,6)37(44)33(45-22(4)39)24(10-2)15-27(49-37)18-30(21(3)38)47-32(42)17-25(40)16-28-19-31(41)35(7,8)36(43,48-28)20-29(14-23)46-26/h9-12,21,25-31,33,38,40-41,43-44H,13-20H2,1-8H3/b12-11+,23-9+,24-10+. The number of rotatable bonds is 2. The lowest BCUT2D eigenvalue weighted by Gasteiger charge is -2.53. The lowest BCUT2D eigenvalue weighted by molar-refractivity contribution is -0.348. The Labute approximate surface area is 290 Å². The number of carbonyl (C=O) groups excluding carboxylic acids is 2. The minimum atomic E-state index is -2.08. The summed E-state index contributed by atoms with van der Waals surface area (Å²) in [4.78, 5) is 25.4. The van der Waals surface area contributed by atoms with E-state index in [2.05, 4.69) is 0 Å². The second kappa shape index (κ2) is 15.2. The third-order valence-corrected chi connectivity index (χ3v) is 11.0. The Kier molecular flexibility index (Phi) is 12.3. The number of esters is 2. The van der Waals surface area contributed by atoms with Crippen molar-refractivity contribution in [3.05, 3.63) is 35.5 Å². The zero-order chi connectivity index (χ0) is 36.5. The Morgan fingerprint density at radius 1 is 0.959 bits per heavy atom. The minimum absolute atomic E-state index is 0.00382. The van der Waals surface area contributed by atoms with Gasteiger partial charge in [0, 0.05) is 43.4 Å². The van der Waals surface area contributed by atoms with Crippen LogP contribution in [-0.2, 0) is 33.3 Å². The fraction of sp³-hybridized carbons (Fsp3) is 0.784. The van der Waals surface area contributed by atoms with Gasteiger partial charge in [0.05, 0.1) is 49.1 Å². The molecule has 0 amide bonds. The summed E-state index contributed by atoms with van der Waals surface area (Å²) in [6.45, 7) is 13.4. The van der Waals surface area contributed by atoms with E-state index in [9.17, 15) is 35.1 Å². The lowest BCUT2D eigenvalue weighted by Crippen LogP contribution is -2.62. The van der Waals surface area contributed by atoms with Gasteiger partial charge in [0.1, 0.15) is 6.10 Å². The van der Waals surface area contributed by atoms with Gasteiger partial charge in [-0.2, -0.15) is 0 Å². The number of fused-ring (bicyclic) bond motifs is 6. The van der Waals surface area contributed by atoms with Gasteiger partial charge in [0.15, 0.2) is 11.9 Å². The zero-order valence-electron chi connectivity index (χ0n) is 30.3. The summed E-state index contributed by atoms with van der Waals surface area (Å²) in [6, 6.07) is 0. The summed E-state index contributed by atoms with van der Waals surface area (Å²) in [5.41, 5.74) is -0.565. The maximum absolute atomic E-state index is 13.1. The molecule has 11 atom stereocenters. The van der Waals surface area contributed by atoms with Crippen LogP contribution in [0.4, 0.5) is 0 Å². The fourth-order valence-electron chi connectivity index (χ4n) is 7.55. The normalized spacial score (nSPS) is 43.2. The average Bonchev–Trinajstić information content (AvgIpc) is 2.99. The first kappa shape index (κ1) is 39.6. The Hall–Kier alpha value is -2.16. The highest BCUT2D eigenvalue weighted by atomic mass is 16.7. The van der Waals surface area contributed by atoms with Gasteiger partial charge in [0.2, 0.25) is 5.79 Å². The quantitative estimate of drug-likeness (QED) is 0.210. The van der Waals surface area contributed by atoms with Crippen molar-refractivity contribution in [2.45, 2.75) is 173 Å². The molecule has 0 aromatic rings. The van der Waals surface area contributed by atoms with E-state index in [-0.39, 0.29) is 32.1 Å². The number of hydrogen-bond acceptors (Lipinski definition) is 12. The van der Waals surface area contributed by atoms with E-state index in [1.807, 2.05) is 19.1 Å². The molecule has 49 heavy (non-hydrogen) atoms. The second-order valence-electron chi connectivity index (χ2n) is 15.5. The predicted molar refractivity (Wildman–Crippen MR) is 179 cm³/mol. The van der Waals surface area contributed by atoms with E-state index < -0.39 is 95.7 Å². The van der Waals surface area contributed by atoms with Crippen molar-refractivity contribution in [1.29, 1.82) is 0 Å². The van der Waals surface area contributed by atoms with Crippen LogP contribution < -0.4 is 0 Å². The van der Waals surface area contributed by atoms with Crippen LogP contribution in [0.15, 0.2) is 35.5 Å². The number of carbonyl (C=O) groups is 2. The lowest BCUT2D eigenvalue weighted by atomic mass is 9.70.